The van der Waals surface area contributed by atoms with Crippen molar-refractivity contribution in [1.82, 2.24) is 0 Å². The minimum absolute atomic E-state index is 0.101. The van der Waals surface area contributed by atoms with Gasteiger partial charge in [-0.25, -0.2) is 0 Å². The molecule has 0 heterocycles. The zero-order chi connectivity index (χ0) is 27.1. The van der Waals surface area contributed by atoms with Gasteiger partial charge in [0, 0.05) is 12.8 Å². The Bertz CT molecular complexity index is 1070. The summed E-state index contributed by atoms with van der Waals surface area (Å²) >= 11 is 0. The van der Waals surface area contributed by atoms with Crippen LogP contribution in [0, 0.1) is 0 Å². The van der Waals surface area contributed by atoms with Crippen LogP contribution in [-0.2, 0) is 38.3 Å². The van der Waals surface area contributed by atoms with Gasteiger partial charge in [0.2, 0.25) is 0 Å². The first-order chi connectivity index (χ1) is 17.4. The number of hydrogen-bond donors (Lipinski definition) is 0. The van der Waals surface area contributed by atoms with Gasteiger partial charge in [-0.15, -0.1) is 0 Å². The minimum atomic E-state index is -0.418. The molecule has 0 saturated carbocycles. The third-order valence-electron chi connectivity index (χ3n) is 6.68. The molecule has 0 atom stereocenters. The van der Waals surface area contributed by atoms with Crippen molar-refractivity contribution in [3.8, 4) is 11.1 Å². The van der Waals surface area contributed by atoms with Gasteiger partial charge in [0.15, 0.2) is 0 Å². The Morgan fingerprint density at radius 3 is 1.84 bits per heavy atom. The van der Waals surface area contributed by atoms with E-state index in [2.05, 4.69) is 36.4 Å². The summed E-state index contributed by atoms with van der Waals surface area (Å²) in [5.41, 5.74) is 7.76. The van der Waals surface area contributed by atoms with Crippen molar-refractivity contribution in [2.45, 2.75) is 123 Å². The molecule has 37 heavy (non-hydrogen) atoms. The summed E-state index contributed by atoms with van der Waals surface area (Å²) in [5, 5.41) is 0. The molecular weight excluding hydrogens is 460 g/mol. The van der Waals surface area contributed by atoms with Gasteiger partial charge in [-0.05, 0) is 120 Å². The number of hydrogen-bond acceptors (Lipinski definition) is 4. The van der Waals surface area contributed by atoms with E-state index in [1.54, 1.807) is 0 Å². The number of unbranched alkanes of at least 4 members (excludes halogenated alkanes) is 4. The molecule has 0 radical (unpaired) electrons. The molecule has 202 valence electrons. The molecule has 2 aromatic carbocycles. The summed E-state index contributed by atoms with van der Waals surface area (Å²) in [7, 11) is 0. The van der Waals surface area contributed by atoms with Crippen LogP contribution < -0.4 is 0 Å². The summed E-state index contributed by atoms with van der Waals surface area (Å²) < 4.78 is 10.9. The van der Waals surface area contributed by atoms with E-state index in [0.717, 1.165) is 57.8 Å². The third-order valence-corrected chi connectivity index (χ3v) is 6.68. The quantitative estimate of drug-likeness (QED) is 0.184. The fourth-order valence-electron chi connectivity index (χ4n) is 5.16. The van der Waals surface area contributed by atoms with Crippen LogP contribution in [0.1, 0.15) is 115 Å². The van der Waals surface area contributed by atoms with Gasteiger partial charge in [-0.3, -0.25) is 9.59 Å². The molecule has 0 fully saturated rings. The number of benzene rings is 2. The standard InChI is InChI=1S/C33H46O4/c1-32(2,3)36-30(34)19-11-7-9-15-24-21-22-28-27-18-14-13-16-25(27)23-29(28)26(24)17-10-8-12-20-31(35)37-33(4,5)6/h13-14,16,18,21-22H,7-12,15,17,19-20,23H2,1-6H3. The van der Waals surface area contributed by atoms with Crippen LogP contribution in [0.5, 0.6) is 0 Å². The Balaban J connectivity index is 1.58. The highest BCUT2D eigenvalue weighted by molar-refractivity contribution is 5.78. The molecular formula is C33H46O4. The maximum Gasteiger partial charge on any atom is 0.306 e. The fourth-order valence-corrected chi connectivity index (χ4v) is 5.16. The van der Waals surface area contributed by atoms with Crippen LogP contribution in [0.4, 0.5) is 0 Å². The highest BCUT2D eigenvalue weighted by Gasteiger charge is 2.23. The third kappa shape index (κ3) is 9.32. The van der Waals surface area contributed by atoms with Crippen molar-refractivity contribution in [2.75, 3.05) is 0 Å². The van der Waals surface area contributed by atoms with Crippen molar-refractivity contribution in [1.29, 1.82) is 0 Å². The molecule has 1 aliphatic carbocycles. The zero-order valence-corrected chi connectivity index (χ0v) is 23.9. The second kappa shape index (κ2) is 12.8. The molecule has 4 heteroatoms. The first kappa shape index (κ1) is 28.9. The Morgan fingerprint density at radius 2 is 1.24 bits per heavy atom. The van der Waals surface area contributed by atoms with E-state index < -0.39 is 11.2 Å². The summed E-state index contributed by atoms with van der Waals surface area (Å²) in [6, 6.07) is 13.4. The predicted octanol–water partition coefficient (Wildman–Crippen LogP) is 8.15. The second-order valence-corrected chi connectivity index (χ2v) is 12.4. The molecule has 0 aromatic heterocycles. The maximum atomic E-state index is 12.1. The Hall–Kier alpha value is -2.62. The van der Waals surface area contributed by atoms with Gasteiger partial charge >= 0.3 is 11.9 Å². The first-order valence-electron chi connectivity index (χ1n) is 14.1. The molecule has 0 saturated heterocycles. The molecule has 4 nitrogen and oxygen atoms in total. The van der Waals surface area contributed by atoms with Crippen LogP contribution in [-0.4, -0.2) is 23.1 Å². The lowest BCUT2D eigenvalue weighted by Crippen LogP contribution is -2.23. The van der Waals surface area contributed by atoms with Crippen LogP contribution in [0.2, 0.25) is 0 Å². The lowest BCUT2D eigenvalue weighted by Gasteiger charge is -2.19. The van der Waals surface area contributed by atoms with Crippen LogP contribution >= 0.6 is 0 Å². The molecule has 0 amide bonds. The van der Waals surface area contributed by atoms with Gasteiger partial charge < -0.3 is 9.47 Å². The van der Waals surface area contributed by atoms with Crippen molar-refractivity contribution >= 4 is 11.9 Å². The smallest absolute Gasteiger partial charge is 0.306 e. The molecule has 0 spiro atoms. The summed E-state index contributed by atoms with van der Waals surface area (Å²) in [6.07, 6.45) is 9.96. The fraction of sp³-hybridized carbons (Fsp3) is 0.576. The van der Waals surface area contributed by atoms with E-state index in [-0.39, 0.29) is 11.9 Å². The van der Waals surface area contributed by atoms with Crippen LogP contribution in [0.25, 0.3) is 11.1 Å². The van der Waals surface area contributed by atoms with Crippen molar-refractivity contribution in [3.63, 3.8) is 0 Å². The minimum Gasteiger partial charge on any atom is -0.460 e. The lowest BCUT2D eigenvalue weighted by atomic mass is 9.90. The van der Waals surface area contributed by atoms with Crippen LogP contribution in [0.3, 0.4) is 0 Å². The topological polar surface area (TPSA) is 52.6 Å². The predicted molar refractivity (Wildman–Crippen MR) is 151 cm³/mol. The molecule has 0 bridgehead atoms. The summed E-state index contributed by atoms with van der Waals surface area (Å²) in [4.78, 5) is 24.1. The Kier molecular flexibility index (Phi) is 9.98. The van der Waals surface area contributed by atoms with E-state index in [1.165, 1.54) is 33.4 Å². The molecule has 1 aliphatic rings. The van der Waals surface area contributed by atoms with Crippen LogP contribution in [0.15, 0.2) is 36.4 Å². The van der Waals surface area contributed by atoms with E-state index in [9.17, 15) is 9.59 Å². The Morgan fingerprint density at radius 1 is 0.676 bits per heavy atom. The van der Waals surface area contributed by atoms with Gasteiger partial charge in [0.1, 0.15) is 11.2 Å². The zero-order valence-electron chi connectivity index (χ0n) is 23.9. The Labute approximate surface area is 224 Å². The van der Waals surface area contributed by atoms with E-state index in [1.807, 2.05) is 41.5 Å². The van der Waals surface area contributed by atoms with E-state index in [4.69, 9.17) is 9.47 Å². The largest absolute Gasteiger partial charge is 0.460 e. The SMILES string of the molecule is CC(C)(C)OC(=O)CCCCCc1ccc2c(c1CCCCCC(=O)OC(C)(C)C)Cc1ccccc1-2. The number of carbonyl (C=O) groups is 2. The summed E-state index contributed by atoms with van der Waals surface area (Å²) in [5.74, 6) is -0.203. The van der Waals surface area contributed by atoms with Gasteiger partial charge in [0.05, 0.1) is 0 Å². The van der Waals surface area contributed by atoms with Crippen molar-refractivity contribution < 1.29 is 19.1 Å². The highest BCUT2D eigenvalue weighted by atomic mass is 16.6. The van der Waals surface area contributed by atoms with Crippen molar-refractivity contribution in [2.24, 2.45) is 0 Å². The van der Waals surface area contributed by atoms with Gasteiger partial charge in [-0.2, -0.15) is 0 Å². The molecule has 0 N–H and O–H groups in total. The monoisotopic (exact) mass is 506 g/mol. The number of esters is 2. The number of rotatable bonds is 12. The average molecular weight is 507 g/mol. The lowest BCUT2D eigenvalue weighted by molar-refractivity contribution is -0.156. The average Bonchev–Trinajstić information content (AvgIpc) is 3.16. The van der Waals surface area contributed by atoms with E-state index >= 15 is 0 Å². The maximum absolute atomic E-state index is 12.1. The number of fused-ring (bicyclic) bond motifs is 3. The molecule has 3 rings (SSSR count). The molecule has 0 unspecified atom stereocenters. The van der Waals surface area contributed by atoms with Gasteiger partial charge in [0.25, 0.3) is 0 Å². The number of ether oxygens (including phenoxy) is 2. The van der Waals surface area contributed by atoms with Gasteiger partial charge in [-0.1, -0.05) is 49.2 Å². The first-order valence-corrected chi connectivity index (χ1v) is 14.1. The number of aryl methyl sites for hydroxylation is 1. The van der Waals surface area contributed by atoms with Crippen molar-refractivity contribution in [3.05, 3.63) is 58.7 Å². The van der Waals surface area contributed by atoms with E-state index in [0.29, 0.717) is 12.8 Å². The summed E-state index contributed by atoms with van der Waals surface area (Å²) in [6.45, 7) is 11.5. The second-order valence-electron chi connectivity index (χ2n) is 12.4. The highest BCUT2D eigenvalue weighted by Crippen LogP contribution is 2.40. The molecule has 0 aliphatic heterocycles. The number of carbonyl (C=O) groups excluding carboxylic acids is 2. The molecule has 2 aromatic rings. The normalized spacial score (nSPS) is 12.7.